The number of ether oxygens (including phenoxy) is 2. The van der Waals surface area contributed by atoms with E-state index in [1.165, 1.54) is 0 Å². The molecule has 0 radical (unpaired) electrons. The lowest BCUT2D eigenvalue weighted by molar-refractivity contribution is 0.104. The predicted octanol–water partition coefficient (Wildman–Crippen LogP) is 3.86. The Morgan fingerprint density at radius 2 is 1.77 bits per heavy atom. The molecule has 0 aliphatic heterocycles. The van der Waals surface area contributed by atoms with Crippen LogP contribution in [-0.4, -0.2) is 23.0 Å². The number of benzene rings is 2. The maximum absolute atomic E-state index is 12.2. The van der Waals surface area contributed by atoms with E-state index in [1.807, 2.05) is 24.3 Å². The molecule has 0 spiro atoms. The molecule has 1 heterocycles. The molecule has 0 N–H and O–H groups in total. The molecule has 0 bridgehead atoms. The molecule has 0 aliphatic rings. The number of hydrogen-bond donors (Lipinski definition) is 0. The molecule has 3 rings (SSSR count). The summed E-state index contributed by atoms with van der Waals surface area (Å²) in [5.41, 5.74) is 1.51. The standard InChI is InChI=1S/C20H18N2O4/c1-14-21-20(22-26-14)13-25-18-8-3-15(4-9-18)5-12-19(23)16-6-10-17(24-2)11-7-16/h3-12H,13H2,1-2H3. The van der Waals surface area contributed by atoms with Crippen LogP contribution in [0.15, 0.2) is 59.1 Å². The van der Waals surface area contributed by atoms with Crippen molar-refractivity contribution in [3.05, 3.63) is 77.4 Å². The molecule has 0 unspecified atom stereocenters. The summed E-state index contributed by atoms with van der Waals surface area (Å²) >= 11 is 0. The van der Waals surface area contributed by atoms with Crippen molar-refractivity contribution in [3.63, 3.8) is 0 Å². The Balaban J connectivity index is 1.57. The van der Waals surface area contributed by atoms with Crippen LogP contribution in [0.4, 0.5) is 0 Å². The maximum atomic E-state index is 12.2. The van der Waals surface area contributed by atoms with Crippen LogP contribution in [-0.2, 0) is 6.61 Å². The minimum atomic E-state index is -0.0690. The van der Waals surface area contributed by atoms with Gasteiger partial charge in [0, 0.05) is 12.5 Å². The summed E-state index contributed by atoms with van der Waals surface area (Å²) in [6.45, 7) is 1.97. The second-order valence-electron chi connectivity index (χ2n) is 5.51. The molecular weight excluding hydrogens is 332 g/mol. The van der Waals surface area contributed by atoms with Crippen molar-refractivity contribution in [2.75, 3.05) is 7.11 Å². The van der Waals surface area contributed by atoms with E-state index >= 15 is 0 Å². The van der Waals surface area contributed by atoms with Crippen molar-refractivity contribution in [1.82, 2.24) is 10.1 Å². The maximum Gasteiger partial charge on any atom is 0.223 e. The highest BCUT2D eigenvalue weighted by Gasteiger charge is 2.04. The number of carbonyl (C=O) groups is 1. The van der Waals surface area contributed by atoms with Gasteiger partial charge in [0.2, 0.25) is 11.7 Å². The van der Waals surface area contributed by atoms with E-state index in [0.29, 0.717) is 23.0 Å². The fourth-order valence-electron chi connectivity index (χ4n) is 2.25. The number of ketones is 1. The molecule has 26 heavy (non-hydrogen) atoms. The van der Waals surface area contributed by atoms with Crippen molar-refractivity contribution >= 4 is 11.9 Å². The number of hydrogen-bond acceptors (Lipinski definition) is 6. The number of nitrogens with zero attached hydrogens (tertiary/aromatic N) is 2. The van der Waals surface area contributed by atoms with E-state index < -0.39 is 0 Å². The highest BCUT2D eigenvalue weighted by molar-refractivity contribution is 6.06. The van der Waals surface area contributed by atoms with E-state index in [-0.39, 0.29) is 12.4 Å². The third kappa shape index (κ3) is 4.57. The smallest absolute Gasteiger partial charge is 0.223 e. The number of rotatable bonds is 7. The van der Waals surface area contributed by atoms with Crippen molar-refractivity contribution in [3.8, 4) is 11.5 Å². The van der Waals surface area contributed by atoms with E-state index in [1.54, 1.807) is 50.5 Å². The van der Waals surface area contributed by atoms with Crippen molar-refractivity contribution in [2.24, 2.45) is 0 Å². The molecule has 3 aromatic rings. The Bertz CT molecular complexity index is 896. The zero-order valence-electron chi connectivity index (χ0n) is 14.5. The van der Waals surface area contributed by atoms with E-state index in [2.05, 4.69) is 10.1 Å². The van der Waals surface area contributed by atoms with Gasteiger partial charge in [-0.2, -0.15) is 4.98 Å². The van der Waals surface area contributed by atoms with Crippen LogP contribution in [0.2, 0.25) is 0 Å². The number of aryl methyl sites for hydroxylation is 1. The van der Waals surface area contributed by atoms with Gasteiger partial charge in [0.1, 0.15) is 11.5 Å². The lowest BCUT2D eigenvalue weighted by atomic mass is 10.1. The van der Waals surface area contributed by atoms with Gasteiger partial charge in [-0.15, -0.1) is 0 Å². The molecule has 1 aromatic heterocycles. The van der Waals surface area contributed by atoms with Gasteiger partial charge in [-0.05, 0) is 48.0 Å². The van der Waals surface area contributed by atoms with Crippen LogP contribution in [0, 0.1) is 6.92 Å². The topological polar surface area (TPSA) is 74.5 Å². The third-order valence-corrected chi connectivity index (χ3v) is 3.62. The van der Waals surface area contributed by atoms with Crippen molar-refractivity contribution in [2.45, 2.75) is 13.5 Å². The monoisotopic (exact) mass is 350 g/mol. The summed E-state index contributed by atoms with van der Waals surface area (Å²) < 4.78 is 15.6. The molecule has 6 heteroatoms. The summed E-state index contributed by atoms with van der Waals surface area (Å²) in [5, 5.41) is 3.77. The lowest BCUT2D eigenvalue weighted by Crippen LogP contribution is -1.97. The fraction of sp³-hybridized carbons (Fsp3) is 0.150. The quantitative estimate of drug-likeness (QED) is 0.476. The average molecular weight is 350 g/mol. The van der Waals surface area contributed by atoms with E-state index in [4.69, 9.17) is 14.0 Å². The lowest BCUT2D eigenvalue weighted by Gasteiger charge is -2.03. The number of carbonyl (C=O) groups excluding carboxylic acids is 1. The van der Waals surface area contributed by atoms with Gasteiger partial charge in [0.05, 0.1) is 7.11 Å². The zero-order valence-corrected chi connectivity index (χ0v) is 14.5. The van der Waals surface area contributed by atoms with Crippen LogP contribution in [0.25, 0.3) is 6.08 Å². The van der Waals surface area contributed by atoms with E-state index in [9.17, 15) is 4.79 Å². The summed E-state index contributed by atoms with van der Waals surface area (Å²) in [7, 11) is 1.59. The Kier molecular flexibility index (Phi) is 5.43. The molecule has 0 saturated carbocycles. The van der Waals surface area contributed by atoms with Crippen molar-refractivity contribution in [1.29, 1.82) is 0 Å². The van der Waals surface area contributed by atoms with Crippen LogP contribution in [0.5, 0.6) is 11.5 Å². The third-order valence-electron chi connectivity index (χ3n) is 3.62. The molecule has 0 saturated heterocycles. The van der Waals surface area contributed by atoms with Gasteiger partial charge in [0.15, 0.2) is 12.4 Å². The fourth-order valence-corrected chi connectivity index (χ4v) is 2.25. The highest BCUT2D eigenvalue weighted by atomic mass is 16.5. The highest BCUT2D eigenvalue weighted by Crippen LogP contribution is 2.16. The van der Waals surface area contributed by atoms with Gasteiger partial charge < -0.3 is 14.0 Å². The Labute approximate surface area is 151 Å². The minimum absolute atomic E-state index is 0.0690. The molecule has 6 nitrogen and oxygen atoms in total. The summed E-state index contributed by atoms with van der Waals surface area (Å²) in [6.07, 6.45) is 3.30. The normalized spacial score (nSPS) is 10.8. The molecule has 0 fully saturated rings. The van der Waals surface area contributed by atoms with Gasteiger partial charge in [-0.3, -0.25) is 4.79 Å². The first-order valence-corrected chi connectivity index (χ1v) is 8.02. The van der Waals surface area contributed by atoms with E-state index in [0.717, 1.165) is 11.3 Å². The first-order valence-electron chi connectivity index (χ1n) is 8.02. The summed E-state index contributed by atoms with van der Waals surface area (Å²) in [6, 6.07) is 14.4. The largest absolute Gasteiger partial charge is 0.497 e. The number of methoxy groups -OCH3 is 1. The molecular formula is C20H18N2O4. The Morgan fingerprint density at radius 3 is 2.38 bits per heavy atom. The summed E-state index contributed by atoms with van der Waals surface area (Å²) in [5.74, 6) is 2.34. The molecule has 0 atom stereocenters. The Hall–Kier alpha value is -3.41. The van der Waals surface area contributed by atoms with Gasteiger partial charge in [-0.25, -0.2) is 0 Å². The first-order chi connectivity index (χ1) is 12.6. The Morgan fingerprint density at radius 1 is 1.08 bits per heavy atom. The van der Waals surface area contributed by atoms with Crippen LogP contribution < -0.4 is 9.47 Å². The minimum Gasteiger partial charge on any atom is -0.497 e. The van der Waals surface area contributed by atoms with Crippen LogP contribution in [0.1, 0.15) is 27.6 Å². The van der Waals surface area contributed by atoms with Crippen LogP contribution in [0.3, 0.4) is 0 Å². The van der Waals surface area contributed by atoms with Crippen molar-refractivity contribution < 1.29 is 18.8 Å². The molecule has 2 aromatic carbocycles. The number of allylic oxidation sites excluding steroid dienone is 1. The molecule has 0 amide bonds. The average Bonchev–Trinajstić information content (AvgIpc) is 3.10. The second-order valence-corrected chi connectivity index (χ2v) is 5.51. The summed E-state index contributed by atoms with van der Waals surface area (Å²) in [4.78, 5) is 16.2. The molecule has 132 valence electrons. The second kappa shape index (κ2) is 8.11. The van der Waals surface area contributed by atoms with Gasteiger partial charge >= 0.3 is 0 Å². The molecule has 0 aliphatic carbocycles. The number of aromatic nitrogens is 2. The van der Waals surface area contributed by atoms with Crippen LogP contribution >= 0.6 is 0 Å². The van der Waals surface area contributed by atoms with Gasteiger partial charge in [-0.1, -0.05) is 23.4 Å². The SMILES string of the molecule is COc1ccc(C(=O)C=Cc2ccc(OCc3noc(C)n3)cc2)cc1. The first kappa shape index (κ1) is 17.4. The van der Waals surface area contributed by atoms with Gasteiger partial charge in [0.25, 0.3) is 0 Å². The predicted molar refractivity (Wildman–Crippen MR) is 96.2 cm³/mol. The zero-order chi connectivity index (χ0) is 18.4.